The summed E-state index contributed by atoms with van der Waals surface area (Å²) in [5.41, 5.74) is -0.607. The van der Waals surface area contributed by atoms with E-state index in [-0.39, 0.29) is 6.54 Å². The normalized spacial score (nSPS) is 14.9. The Morgan fingerprint density at radius 2 is 1.90 bits per heavy atom. The molecule has 0 saturated carbocycles. The molecule has 6 nitrogen and oxygen atoms in total. The Hall–Kier alpha value is -2.51. The van der Waals surface area contributed by atoms with Crippen molar-refractivity contribution >= 4 is 23.5 Å². The van der Waals surface area contributed by atoms with Gasteiger partial charge in [-0.05, 0) is 12.1 Å². The maximum Gasteiger partial charge on any atom is 0.327 e. The quantitative estimate of drug-likeness (QED) is 0.834. The molecule has 1 aliphatic rings. The van der Waals surface area contributed by atoms with Crippen molar-refractivity contribution < 1.29 is 23.2 Å². The summed E-state index contributed by atoms with van der Waals surface area (Å²) in [7, 11) is 1.41. The minimum atomic E-state index is -0.936. The number of benzene rings is 1. The smallest absolute Gasteiger partial charge is 0.320 e. The summed E-state index contributed by atoms with van der Waals surface area (Å²) >= 11 is 0. The average molecular weight is 283 g/mol. The number of rotatable bonds is 3. The molecule has 1 aromatic rings. The third-order valence-electron chi connectivity index (χ3n) is 2.76. The van der Waals surface area contributed by atoms with Crippen LogP contribution in [0.2, 0.25) is 0 Å². The second kappa shape index (κ2) is 5.24. The number of nitrogens with zero attached hydrogens (tertiary/aromatic N) is 2. The molecule has 1 aromatic carbocycles. The lowest BCUT2D eigenvalue weighted by atomic mass is 10.3. The topological polar surface area (TPSA) is 69.7 Å². The fraction of sp³-hybridized carbons (Fsp3) is 0.250. The fourth-order valence-corrected chi connectivity index (χ4v) is 1.76. The van der Waals surface area contributed by atoms with E-state index in [1.54, 1.807) is 0 Å². The molecule has 2 rings (SSSR count). The van der Waals surface area contributed by atoms with Gasteiger partial charge in [-0.25, -0.2) is 13.6 Å². The van der Waals surface area contributed by atoms with Crippen molar-refractivity contribution in [3.63, 3.8) is 0 Å². The van der Waals surface area contributed by atoms with E-state index >= 15 is 0 Å². The van der Waals surface area contributed by atoms with E-state index in [1.807, 2.05) is 5.32 Å². The Labute approximate surface area is 113 Å². The van der Waals surface area contributed by atoms with Gasteiger partial charge in [0, 0.05) is 7.05 Å². The zero-order valence-corrected chi connectivity index (χ0v) is 10.5. The first kappa shape index (κ1) is 13.9. The zero-order chi connectivity index (χ0) is 14.9. The van der Waals surface area contributed by atoms with E-state index in [9.17, 15) is 23.2 Å². The van der Waals surface area contributed by atoms with Crippen LogP contribution in [-0.2, 0) is 9.59 Å². The number of hydrogen-bond donors (Lipinski definition) is 1. The highest BCUT2D eigenvalue weighted by Gasteiger charge is 2.34. The number of urea groups is 1. The first-order valence-corrected chi connectivity index (χ1v) is 5.69. The van der Waals surface area contributed by atoms with Gasteiger partial charge in [0.2, 0.25) is 5.91 Å². The number of carbonyl (C=O) groups excluding carboxylic acids is 3. The molecule has 106 valence electrons. The number of hydrogen-bond acceptors (Lipinski definition) is 3. The van der Waals surface area contributed by atoms with Crippen LogP contribution in [0.4, 0.5) is 19.3 Å². The van der Waals surface area contributed by atoms with Crippen molar-refractivity contribution in [1.82, 2.24) is 9.80 Å². The van der Waals surface area contributed by atoms with Gasteiger partial charge < -0.3 is 10.2 Å². The summed E-state index contributed by atoms with van der Waals surface area (Å²) in [6.45, 7) is -0.712. The molecular weight excluding hydrogens is 272 g/mol. The van der Waals surface area contributed by atoms with Gasteiger partial charge in [0.1, 0.15) is 30.4 Å². The number of nitrogens with one attached hydrogen (secondary N) is 1. The standard InChI is InChI=1S/C12H11F2N3O3/c1-16-6-10(19)17(12(16)20)5-9(18)15-11-7(13)3-2-4-8(11)14/h2-4H,5-6H2,1H3,(H,15,18). The van der Waals surface area contributed by atoms with Gasteiger partial charge in [-0.1, -0.05) is 6.07 Å². The molecule has 20 heavy (non-hydrogen) atoms. The SMILES string of the molecule is CN1CC(=O)N(CC(=O)Nc2c(F)cccc2F)C1=O. The maximum absolute atomic E-state index is 13.3. The number of para-hydroxylation sites is 1. The van der Waals surface area contributed by atoms with Crippen molar-refractivity contribution in [2.45, 2.75) is 0 Å². The molecule has 0 bridgehead atoms. The van der Waals surface area contributed by atoms with Crippen LogP contribution in [0.15, 0.2) is 18.2 Å². The minimum Gasteiger partial charge on any atom is -0.320 e. The van der Waals surface area contributed by atoms with Crippen LogP contribution in [0.1, 0.15) is 0 Å². The van der Waals surface area contributed by atoms with Gasteiger partial charge in [0.25, 0.3) is 5.91 Å². The molecule has 4 amide bonds. The molecule has 1 N–H and O–H groups in total. The minimum absolute atomic E-state index is 0.125. The number of imide groups is 1. The lowest BCUT2D eigenvalue weighted by Crippen LogP contribution is -2.38. The van der Waals surface area contributed by atoms with E-state index in [0.29, 0.717) is 4.90 Å². The summed E-state index contributed by atoms with van der Waals surface area (Å²) in [5, 5.41) is 2.01. The molecule has 0 aromatic heterocycles. The van der Waals surface area contributed by atoms with Gasteiger partial charge in [-0.2, -0.15) is 0 Å². The molecule has 0 atom stereocenters. The summed E-state index contributed by atoms with van der Waals surface area (Å²) in [5.74, 6) is -3.27. The summed E-state index contributed by atoms with van der Waals surface area (Å²) in [4.78, 5) is 36.5. The molecule has 8 heteroatoms. The molecule has 1 aliphatic heterocycles. The van der Waals surface area contributed by atoms with Gasteiger partial charge in [-0.15, -0.1) is 0 Å². The Kier molecular flexibility index (Phi) is 3.64. The van der Waals surface area contributed by atoms with Crippen LogP contribution in [0.25, 0.3) is 0 Å². The molecule has 0 spiro atoms. The summed E-state index contributed by atoms with van der Waals surface area (Å²) < 4.78 is 26.7. The largest absolute Gasteiger partial charge is 0.327 e. The van der Waals surface area contributed by atoms with Crippen LogP contribution in [0.3, 0.4) is 0 Å². The third-order valence-corrected chi connectivity index (χ3v) is 2.76. The first-order chi connectivity index (χ1) is 9.40. The van der Waals surface area contributed by atoms with Gasteiger partial charge in [0.05, 0.1) is 0 Å². The van der Waals surface area contributed by atoms with Crippen molar-refractivity contribution in [3.05, 3.63) is 29.8 Å². The Bertz CT molecular complexity index is 571. The molecular formula is C12H11F2N3O3. The number of likely N-dealkylation sites (N-methyl/N-ethyl adjacent to an activating group) is 1. The highest BCUT2D eigenvalue weighted by atomic mass is 19.1. The van der Waals surface area contributed by atoms with Gasteiger partial charge >= 0.3 is 6.03 Å². The number of carbonyl (C=O) groups is 3. The Morgan fingerprint density at radius 3 is 2.40 bits per heavy atom. The predicted molar refractivity (Wildman–Crippen MR) is 64.7 cm³/mol. The van der Waals surface area contributed by atoms with Crippen molar-refractivity contribution in [3.8, 4) is 0 Å². The van der Waals surface area contributed by atoms with E-state index in [0.717, 1.165) is 23.1 Å². The van der Waals surface area contributed by atoms with E-state index in [1.165, 1.54) is 7.05 Å². The number of halogens is 2. The average Bonchev–Trinajstić information content (AvgIpc) is 2.61. The zero-order valence-electron chi connectivity index (χ0n) is 10.5. The number of amides is 4. The van der Waals surface area contributed by atoms with Crippen molar-refractivity contribution in [2.75, 3.05) is 25.5 Å². The van der Waals surface area contributed by atoms with Gasteiger partial charge in [0.15, 0.2) is 0 Å². The molecule has 0 radical (unpaired) electrons. The lowest BCUT2D eigenvalue weighted by Gasteiger charge is -2.14. The Balaban J connectivity index is 2.07. The highest BCUT2D eigenvalue weighted by molar-refractivity contribution is 6.06. The maximum atomic E-state index is 13.3. The molecule has 0 unspecified atom stereocenters. The first-order valence-electron chi connectivity index (χ1n) is 5.69. The molecule has 0 aliphatic carbocycles. The third kappa shape index (κ3) is 2.58. The summed E-state index contributed by atoms with van der Waals surface area (Å²) in [6.07, 6.45) is 0. The Morgan fingerprint density at radius 1 is 1.30 bits per heavy atom. The number of anilines is 1. The van der Waals surface area contributed by atoms with E-state index < -0.39 is 41.7 Å². The summed E-state index contributed by atoms with van der Waals surface area (Å²) in [6, 6.07) is 2.50. The second-order valence-corrected chi connectivity index (χ2v) is 4.26. The second-order valence-electron chi connectivity index (χ2n) is 4.26. The van der Waals surface area contributed by atoms with Crippen molar-refractivity contribution in [1.29, 1.82) is 0 Å². The highest BCUT2D eigenvalue weighted by Crippen LogP contribution is 2.18. The van der Waals surface area contributed by atoms with Crippen LogP contribution >= 0.6 is 0 Å². The molecule has 1 saturated heterocycles. The van der Waals surface area contributed by atoms with Gasteiger partial charge in [-0.3, -0.25) is 14.5 Å². The molecule has 1 heterocycles. The fourth-order valence-electron chi connectivity index (χ4n) is 1.76. The van der Waals surface area contributed by atoms with Crippen LogP contribution in [-0.4, -0.2) is 47.8 Å². The van der Waals surface area contributed by atoms with Crippen LogP contribution in [0, 0.1) is 11.6 Å². The predicted octanol–water partition coefficient (Wildman–Crippen LogP) is 0.797. The molecule has 1 fully saturated rings. The lowest BCUT2D eigenvalue weighted by molar-refractivity contribution is -0.129. The van der Waals surface area contributed by atoms with E-state index in [2.05, 4.69) is 0 Å². The van der Waals surface area contributed by atoms with E-state index in [4.69, 9.17) is 0 Å². The van der Waals surface area contributed by atoms with Crippen molar-refractivity contribution in [2.24, 2.45) is 0 Å². The van der Waals surface area contributed by atoms with Crippen LogP contribution < -0.4 is 5.32 Å². The monoisotopic (exact) mass is 283 g/mol. The van der Waals surface area contributed by atoms with Crippen LogP contribution in [0.5, 0.6) is 0 Å².